The van der Waals surface area contributed by atoms with Crippen LogP contribution in [0.2, 0.25) is 0 Å². The summed E-state index contributed by atoms with van der Waals surface area (Å²) in [6.45, 7) is 3.37. The number of carboxylic acids is 1. The molecule has 2 N–H and O–H groups in total. The zero-order valence-corrected chi connectivity index (χ0v) is 11.0. The molecule has 1 atom stereocenters. The molecule has 0 aliphatic carbocycles. The molecule has 98 valence electrons. The zero-order valence-electron chi connectivity index (χ0n) is 10.1. The van der Waals surface area contributed by atoms with E-state index in [-0.39, 0.29) is 18.5 Å². The number of thioether (sulfide) groups is 1. The van der Waals surface area contributed by atoms with Crippen LogP contribution in [-0.4, -0.2) is 52.6 Å². The summed E-state index contributed by atoms with van der Waals surface area (Å²) in [6, 6.07) is -0.294. The Morgan fingerprint density at radius 3 is 2.94 bits per heavy atom. The maximum absolute atomic E-state index is 11.9. The lowest BCUT2D eigenvalue weighted by molar-refractivity contribution is -0.137. The molecule has 6 heteroatoms. The van der Waals surface area contributed by atoms with Crippen LogP contribution < -0.4 is 5.32 Å². The fraction of sp³-hybridized carbons (Fsp3) is 0.818. The van der Waals surface area contributed by atoms with Gasteiger partial charge in [0.2, 0.25) is 0 Å². The van der Waals surface area contributed by atoms with Crippen molar-refractivity contribution in [2.45, 2.75) is 32.2 Å². The van der Waals surface area contributed by atoms with Gasteiger partial charge in [-0.25, -0.2) is 4.79 Å². The first-order valence-corrected chi connectivity index (χ1v) is 7.14. The van der Waals surface area contributed by atoms with Gasteiger partial charge in [-0.2, -0.15) is 11.8 Å². The monoisotopic (exact) mass is 260 g/mol. The summed E-state index contributed by atoms with van der Waals surface area (Å²) in [5, 5.41) is 11.7. The molecular formula is C11H20N2O3S. The van der Waals surface area contributed by atoms with E-state index in [1.165, 1.54) is 0 Å². The Hall–Kier alpha value is -0.910. The van der Waals surface area contributed by atoms with Crippen LogP contribution >= 0.6 is 11.8 Å². The topological polar surface area (TPSA) is 69.6 Å². The number of hydrogen-bond acceptors (Lipinski definition) is 3. The van der Waals surface area contributed by atoms with Crippen molar-refractivity contribution >= 4 is 23.8 Å². The first kappa shape index (κ1) is 14.2. The van der Waals surface area contributed by atoms with Gasteiger partial charge in [-0.05, 0) is 6.42 Å². The van der Waals surface area contributed by atoms with E-state index in [1.807, 2.05) is 0 Å². The van der Waals surface area contributed by atoms with Gasteiger partial charge in [0, 0.05) is 24.6 Å². The van der Waals surface area contributed by atoms with Crippen LogP contribution in [0.3, 0.4) is 0 Å². The Kier molecular flexibility index (Phi) is 6.18. The van der Waals surface area contributed by atoms with Crippen LogP contribution in [0.4, 0.5) is 4.79 Å². The summed E-state index contributed by atoms with van der Waals surface area (Å²) in [5.41, 5.74) is 0. The number of hydrogen-bond donors (Lipinski definition) is 2. The Morgan fingerprint density at radius 2 is 2.29 bits per heavy atom. The lowest BCUT2D eigenvalue weighted by atomic mass is 10.2. The van der Waals surface area contributed by atoms with Crippen molar-refractivity contribution in [3.05, 3.63) is 0 Å². The zero-order chi connectivity index (χ0) is 12.7. The van der Waals surface area contributed by atoms with Gasteiger partial charge in [0.05, 0.1) is 12.5 Å². The molecule has 1 rings (SSSR count). The van der Waals surface area contributed by atoms with Gasteiger partial charge in [-0.15, -0.1) is 0 Å². The van der Waals surface area contributed by atoms with Crippen molar-refractivity contribution in [2.75, 3.05) is 24.6 Å². The number of amides is 2. The summed E-state index contributed by atoms with van der Waals surface area (Å²) in [7, 11) is 0. The number of carbonyl (C=O) groups excluding carboxylic acids is 1. The predicted molar refractivity (Wildman–Crippen MR) is 68.4 cm³/mol. The summed E-state index contributed by atoms with van der Waals surface area (Å²) in [4.78, 5) is 24.3. The van der Waals surface area contributed by atoms with Gasteiger partial charge in [0.15, 0.2) is 0 Å². The van der Waals surface area contributed by atoms with E-state index in [4.69, 9.17) is 5.11 Å². The van der Waals surface area contributed by atoms with Crippen LogP contribution in [0.25, 0.3) is 0 Å². The Bertz CT molecular complexity index is 273. The second kappa shape index (κ2) is 7.42. The molecule has 17 heavy (non-hydrogen) atoms. The average molecular weight is 260 g/mol. The van der Waals surface area contributed by atoms with Crippen LogP contribution in [0.1, 0.15) is 26.2 Å². The predicted octanol–water partition coefficient (Wildman–Crippen LogP) is 1.39. The number of urea groups is 1. The van der Waals surface area contributed by atoms with Crippen LogP contribution in [0.5, 0.6) is 0 Å². The van der Waals surface area contributed by atoms with E-state index in [9.17, 15) is 9.59 Å². The number of rotatable bonds is 5. The maximum atomic E-state index is 11.9. The number of carboxylic acid groups (broad SMARTS) is 1. The Morgan fingerprint density at radius 1 is 1.53 bits per heavy atom. The number of carbonyl (C=O) groups is 2. The summed E-state index contributed by atoms with van der Waals surface area (Å²) in [5.74, 6) is 0.758. The highest BCUT2D eigenvalue weighted by atomic mass is 32.2. The molecule has 1 saturated heterocycles. The van der Waals surface area contributed by atoms with Crippen molar-refractivity contribution in [1.29, 1.82) is 0 Å². The third-order valence-corrected chi connectivity index (χ3v) is 3.80. The van der Waals surface area contributed by atoms with E-state index >= 15 is 0 Å². The van der Waals surface area contributed by atoms with Gasteiger partial charge < -0.3 is 15.3 Å². The minimum Gasteiger partial charge on any atom is -0.481 e. The minimum absolute atomic E-state index is 0.0359. The molecule has 1 aliphatic heterocycles. The number of unbranched alkanes of at least 4 members (excludes halogenated alkanes) is 1. The van der Waals surface area contributed by atoms with Gasteiger partial charge in [0.1, 0.15) is 0 Å². The van der Waals surface area contributed by atoms with Crippen molar-refractivity contribution in [1.82, 2.24) is 10.2 Å². The van der Waals surface area contributed by atoms with E-state index in [1.54, 1.807) is 16.7 Å². The molecule has 0 aromatic carbocycles. The Labute approximate surface area is 106 Å². The number of nitrogens with one attached hydrogen (secondary N) is 1. The fourth-order valence-corrected chi connectivity index (χ4v) is 2.83. The summed E-state index contributed by atoms with van der Waals surface area (Å²) < 4.78 is 0. The van der Waals surface area contributed by atoms with Gasteiger partial charge in [-0.1, -0.05) is 13.3 Å². The smallest absolute Gasteiger partial charge is 0.317 e. The SMILES string of the molecule is CCCCNC(=O)N1CCSCC1CC(=O)O. The highest BCUT2D eigenvalue weighted by Gasteiger charge is 2.28. The lowest BCUT2D eigenvalue weighted by Crippen LogP contribution is -2.51. The molecule has 1 fully saturated rings. The molecule has 0 saturated carbocycles. The van der Waals surface area contributed by atoms with E-state index in [0.29, 0.717) is 18.8 Å². The molecule has 0 spiro atoms. The highest BCUT2D eigenvalue weighted by molar-refractivity contribution is 7.99. The second-order valence-electron chi connectivity index (χ2n) is 4.11. The van der Waals surface area contributed by atoms with Gasteiger partial charge >= 0.3 is 12.0 Å². The molecule has 5 nitrogen and oxygen atoms in total. The maximum Gasteiger partial charge on any atom is 0.317 e. The van der Waals surface area contributed by atoms with Crippen molar-refractivity contribution in [2.24, 2.45) is 0 Å². The number of aliphatic carboxylic acids is 1. The van der Waals surface area contributed by atoms with Crippen LogP contribution in [0, 0.1) is 0 Å². The van der Waals surface area contributed by atoms with E-state index in [0.717, 1.165) is 18.6 Å². The summed E-state index contributed by atoms with van der Waals surface area (Å²) in [6.07, 6.45) is 2.03. The average Bonchev–Trinajstić information content (AvgIpc) is 2.29. The van der Waals surface area contributed by atoms with Crippen molar-refractivity contribution in [3.8, 4) is 0 Å². The largest absolute Gasteiger partial charge is 0.481 e. The molecule has 0 bridgehead atoms. The quantitative estimate of drug-likeness (QED) is 0.733. The van der Waals surface area contributed by atoms with E-state index < -0.39 is 5.97 Å². The molecule has 1 aliphatic rings. The molecular weight excluding hydrogens is 240 g/mol. The lowest BCUT2D eigenvalue weighted by Gasteiger charge is -2.34. The third kappa shape index (κ3) is 4.85. The van der Waals surface area contributed by atoms with Crippen LogP contribution in [0.15, 0.2) is 0 Å². The first-order chi connectivity index (χ1) is 8.15. The van der Waals surface area contributed by atoms with Crippen molar-refractivity contribution in [3.63, 3.8) is 0 Å². The third-order valence-electron chi connectivity index (χ3n) is 2.71. The number of nitrogens with zero attached hydrogens (tertiary/aromatic N) is 1. The standard InChI is InChI=1S/C11H20N2O3S/c1-2-3-4-12-11(16)13-5-6-17-8-9(13)7-10(14)15/h9H,2-8H2,1H3,(H,12,16)(H,14,15). The summed E-state index contributed by atoms with van der Waals surface area (Å²) >= 11 is 1.71. The molecule has 1 unspecified atom stereocenters. The van der Waals surface area contributed by atoms with Crippen LogP contribution in [-0.2, 0) is 4.79 Å². The molecule has 1 heterocycles. The highest BCUT2D eigenvalue weighted by Crippen LogP contribution is 2.18. The normalized spacial score (nSPS) is 20.1. The Balaban J connectivity index is 2.45. The molecule has 0 radical (unpaired) electrons. The first-order valence-electron chi connectivity index (χ1n) is 5.99. The van der Waals surface area contributed by atoms with E-state index in [2.05, 4.69) is 12.2 Å². The molecule has 0 aromatic heterocycles. The van der Waals surface area contributed by atoms with Gasteiger partial charge in [-0.3, -0.25) is 4.79 Å². The second-order valence-corrected chi connectivity index (χ2v) is 5.26. The fourth-order valence-electron chi connectivity index (χ4n) is 1.77. The molecule has 0 aromatic rings. The van der Waals surface area contributed by atoms with Crippen molar-refractivity contribution < 1.29 is 14.7 Å². The molecule has 2 amide bonds. The minimum atomic E-state index is -0.844. The van der Waals surface area contributed by atoms with Gasteiger partial charge in [0.25, 0.3) is 0 Å².